The first-order valence-electron chi connectivity index (χ1n) is 7.52. The van der Waals surface area contributed by atoms with E-state index in [4.69, 9.17) is 9.47 Å². The van der Waals surface area contributed by atoms with Crippen molar-refractivity contribution >= 4 is 5.95 Å². The molecular formula is C14H23N5O2. The van der Waals surface area contributed by atoms with Gasteiger partial charge in [0.2, 0.25) is 5.95 Å². The summed E-state index contributed by atoms with van der Waals surface area (Å²) in [5, 5.41) is 3.43. The maximum Gasteiger partial charge on any atom is 0.324 e. The summed E-state index contributed by atoms with van der Waals surface area (Å²) in [4.78, 5) is 15.1. The molecule has 3 rings (SSSR count). The minimum absolute atomic E-state index is 0.275. The highest BCUT2D eigenvalue weighted by Gasteiger charge is 2.36. The molecule has 2 bridgehead atoms. The van der Waals surface area contributed by atoms with Crippen LogP contribution in [0.25, 0.3) is 0 Å². The molecule has 2 unspecified atom stereocenters. The highest BCUT2D eigenvalue weighted by Crippen LogP contribution is 2.33. The van der Waals surface area contributed by atoms with E-state index in [1.807, 2.05) is 0 Å². The molecule has 3 heterocycles. The summed E-state index contributed by atoms with van der Waals surface area (Å²) in [5.74, 6) is 0.534. The summed E-state index contributed by atoms with van der Waals surface area (Å²) in [7, 11) is 5.33. The highest BCUT2D eigenvalue weighted by molar-refractivity contribution is 5.29. The second kappa shape index (κ2) is 6.01. The molecule has 2 saturated heterocycles. The molecule has 0 aliphatic carbocycles. The van der Waals surface area contributed by atoms with Crippen LogP contribution < -0.4 is 14.8 Å². The number of methoxy groups -OCH3 is 2. The number of nitrogens with zero attached hydrogens (tertiary/aromatic N) is 4. The zero-order valence-corrected chi connectivity index (χ0v) is 12.9. The molecule has 0 radical (unpaired) electrons. The monoisotopic (exact) mass is 293 g/mol. The SMILES string of the molecule is COc1nc(NC2CC3CCCC(C2)N3C)nc(OC)n1. The summed E-state index contributed by atoms with van der Waals surface area (Å²) in [5.41, 5.74) is 0. The molecular weight excluding hydrogens is 270 g/mol. The third-order valence-electron chi connectivity index (χ3n) is 4.63. The lowest BCUT2D eigenvalue weighted by Crippen LogP contribution is -2.52. The molecule has 116 valence electrons. The number of piperidine rings is 2. The number of nitrogens with one attached hydrogen (secondary N) is 1. The Bertz CT molecular complexity index is 462. The lowest BCUT2D eigenvalue weighted by molar-refractivity contribution is 0.0607. The molecule has 1 aromatic rings. The summed E-state index contributed by atoms with van der Waals surface area (Å²) in [6, 6.07) is 2.28. The predicted molar refractivity (Wildman–Crippen MR) is 78.8 cm³/mol. The Kier molecular flexibility index (Phi) is 4.10. The van der Waals surface area contributed by atoms with Crippen molar-refractivity contribution in [2.75, 3.05) is 26.6 Å². The smallest absolute Gasteiger partial charge is 0.324 e. The van der Waals surface area contributed by atoms with Crippen molar-refractivity contribution in [3.63, 3.8) is 0 Å². The number of fused-ring (bicyclic) bond motifs is 2. The van der Waals surface area contributed by atoms with E-state index in [-0.39, 0.29) is 12.0 Å². The third-order valence-corrected chi connectivity index (χ3v) is 4.63. The van der Waals surface area contributed by atoms with Crippen LogP contribution in [0.1, 0.15) is 32.1 Å². The summed E-state index contributed by atoms with van der Waals surface area (Å²) < 4.78 is 10.2. The molecule has 21 heavy (non-hydrogen) atoms. The number of ether oxygens (including phenoxy) is 2. The van der Waals surface area contributed by atoms with Crippen molar-refractivity contribution in [1.29, 1.82) is 0 Å². The highest BCUT2D eigenvalue weighted by atomic mass is 16.5. The van der Waals surface area contributed by atoms with Gasteiger partial charge in [0.05, 0.1) is 14.2 Å². The van der Waals surface area contributed by atoms with Crippen LogP contribution >= 0.6 is 0 Å². The fourth-order valence-corrected chi connectivity index (χ4v) is 3.50. The van der Waals surface area contributed by atoms with Crippen LogP contribution in [0.2, 0.25) is 0 Å². The van der Waals surface area contributed by atoms with Crippen molar-refractivity contribution in [2.24, 2.45) is 0 Å². The van der Waals surface area contributed by atoms with Gasteiger partial charge in [0.1, 0.15) is 0 Å². The Balaban J connectivity index is 1.72. The minimum Gasteiger partial charge on any atom is -0.467 e. The molecule has 0 spiro atoms. The molecule has 2 aliphatic rings. The van der Waals surface area contributed by atoms with Gasteiger partial charge >= 0.3 is 12.0 Å². The maximum absolute atomic E-state index is 5.09. The van der Waals surface area contributed by atoms with Crippen LogP contribution in [0.15, 0.2) is 0 Å². The zero-order chi connectivity index (χ0) is 14.8. The molecule has 1 N–H and O–H groups in total. The molecule has 2 atom stereocenters. The van der Waals surface area contributed by atoms with E-state index in [0.29, 0.717) is 24.1 Å². The first-order chi connectivity index (χ1) is 10.2. The average molecular weight is 293 g/mol. The Hall–Kier alpha value is -1.63. The summed E-state index contributed by atoms with van der Waals surface area (Å²) in [6.45, 7) is 0. The molecule has 2 fully saturated rings. The van der Waals surface area contributed by atoms with Gasteiger partial charge in [-0.15, -0.1) is 4.98 Å². The second-order valence-electron chi connectivity index (χ2n) is 5.85. The van der Waals surface area contributed by atoms with Crippen LogP contribution in [0, 0.1) is 0 Å². The Morgan fingerprint density at radius 1 is 1.00 bits per heavy atom. The van der Waals surface area contributed by atoms with Crippen LogP contribution in [0.4, 0.5) is 5.95 Å². The average Bonchev–Trinajstić information content (AvgIpc) is 2.48. The van der Waals surface area contributed by atoms with Gasteiger partial charge < -0.3 is 19.7 Å². The van der Waals surface area contributed by atoms with Gasteiger partial charge in [0.15, 0.2) is 0 Å². The van der Waals surface area contributed by atoms with E-state index in [2.05, 4.69) is 32.2 Å². The maximum atomic E-state index is 5.09. The van der Waals surface area contributed by atoms with Gasteiger partial charge in [-0.25, -0.2) is 0 Å². The van der Waals surface area contributed by atoms with Crippen LogP contribution in [-0.2, 0) is 0 Å². The van der Waals surface area contributed by atoms with Crippen molar-refractivity contribution in [1.82, 2.24) is 19.9 Å². The Morgan fingerprint density at radius 2 is 1.57 bits per heavy atom. The fraction of sp³-hybridized carbons (Fsp3) is 0.786. The number of hydrogen-bond donors (Lipinski definition) is 1. The molecule has 0 saturated carbocycles. The van der Waals surface area contributed by atoms with Gasteiger partial charge in [-0.05, 0) is 32.7 Å². The molecule has 0 amide bonds. The summed E-state index contributed by atoms with van der Waals surface area (Å²) >= 11 is 0. The van der Waals surface area contributed by atoms with E-state index in [1.165, 1.54) is 19.3 Å². The van der Waals surface area contributed by atoms with Crippen molar-refractivity contribution < 1.29 is 9.47 Å². The largest absolute Gasteiger partial charge is 0.467 e. The van der Waals surface area contributed by atoms with Gasteiger partial charge in [-0.3, -0.25) is 0 Å². The zero-order valence-electron chi connectivity index (χ0n) is 12.9. The number of anilines is 1. The molecule has 7 nitrogen and oxygen atoms in total. The first-order valence-corrected chi connectivity index (χ1v) is 7.52. The second-order valence-corrected chi connectivity index (χ2v) is 5.85. The van der Waals surface area contributed by atoms with Crippen LogP contribution in [0.5, 0.6) is 12.0 Å². The standard InChI is InChI=1S/C14H23N5O2/c1-19-10-5-4-6-11(19)8-9(7-10)15-12-16-13(20-2)18-14(17-12)21-3/h9-11H,4-8H2,1-3H3,(H,15,16,17,18). The molecule has 1 aromatic heterocycles. The minimum atomic E-state index is 0.275. The lowest BCUT2D eigenvalue weighted by Gasteiger charge is -2.47. The quantitative estimate of drug-likeness (QED) is 0.897. The van der Waals surface area contributed by atoms with E-state index in [9.17, 15) is 0 Å². The van der Waals surface area contributed by atoms with E-state index < -0.39 is 0 Å². The van der Waals surface area contributed by atoms with Crippen molar-refractivity contribution in [3.8, 4) is 12.0 Å². The normalized spacial score (nSPS) is 29.0. The molecule has 7 heteroatoms. The molecule has 2 aliphatic heterocycles. The van der Waals surface area contributed by atoms with Crippen molar-refractivity contribution in [3.05, 3.63) is 0 Å². The Morgan fingerprint density at radius 3 is 2.10 bits per heavy atom. The van der Waals surface area contributed by atoms with E-state index in [1.54, 1.807) is 14.2 Å². The number of rotatable bonds is 4. The van der Waals surface area contributed by atoms with Crippen LogP contribution in [0.3, 0.4) is 0 Å². The third kappa shape index (κ3) is 3.02. The van der Waals surface area contributed by atoms with Gasteiger partial charge in [0.25, 0.3) is 0 Å². The topological polar surface area (TPSA) is 72.4 Å². The lowest BCUT2D eigenvalue weighted by atomic mass is 9.82. The van der Waals surface area contributed by atoms with Gasteiger partial charge in [0, 0.05) is 18.1 Å². The number of hydrogen-bond acceptors (Lipinski definition) is 7. The first kappa shape index (κ1) is 14.3. The van der Waals surface area contributed by atoms with E-state index >= 15 is 0 Å². The summed E-state index contributed by atoms with van der Waals surface area (Å²) in [6.07, 6.45) is 6.18. The number of aromatic nitrogens is 3. The van der Waals surface area contributed by atoms with Gasteiger partial charge in [-0.1, -0.05) is 6.42 Å². The molecule has 0 aromatic carbocycles. The van der Waals surface area contributed by atoms with Crippen LogP contribution in [-0.4, -0.2) is 59.2 Å². The Labute approximate surface area is 125 Å². The fourth-order valence-electron chi connectivity index (χ4n) is 3.50. The van der Waals surface area contributed by atoms with Gasteiger partial charge in [-0.2, -0.15) is 9.97 Å². The van der Waals surface area contributed by atoms with Crippen molar-refractivity contribution in [2.45, 2.75) is 50.2 Å². The van der Waals surface area contributed by atoms with E-state index in [0.717, 1.165) is 12.8 Å². The predicted octanol–water partition coefficient (Wildman–Crippen LogP) is 1.32.